The quantitative estimate of drug-likeness (QED) is 0.243. The summed E-state index contributed by atoms with van der Waals surface area (Å²) in [6.07, 6.45) is 28.1. The minimum absolute atomic E-state index is 0.289. The maximum absolute atomic E-state index is 5.34. The van der Waals surface area contributed by atoms with Gasteiger partial charge in [-0.05, 0) is 24.0 Å². The van der Waals surface area contributed by atoms with Crippen LogP contribution in [0.2, 0.25) is 0 Å². The molecule has 0 saturated carbocycles. The summed E-state index contributed by atoms with van der Waals surface area (Å²) < 4.78 is 0. The minimum atomic E-state index is 0.289. The molecule has 0 aromatic carbocycles. The highest BCUT2D eigenvalue weighted by Gasteiger charge is 2.13. The fourth-order valence-corrected chi connectivity index (χ4v) is 3.27. The minimum Gasteiger partial charge on any atom is -0.387 e. The van der Waals surface area contributed by atoms with E-state index in [-0.39, 0.29) is 5.41 Å². The molecule has 1 N–H and O–H groups in total. The Balaban J connectivity index is 1.97. The summed E-state index contributed by atoms with van der Waals surface area (Å²) in [4.78, 5) is 5.34. The highest BCUT2D eigenvalue weighted by molar-refractivity contribution is 5.13. The van der Waals surface area contributed by atoms with Crippen LogP contribution in [0.15, 0.2) is 36.3 Å². The first-order valence-corrected chi connectivity index (χ1v) is 10.6. The van der Waals surface area contributed by atoms with Crippen LogP contribution >= 0.6 is 0 Å². The fraction of sp³-hybridized carbons (Fsp3) is 0.739. The number of hydroxylamine groups is 1. The van der Waals surface area contributed by atoms with Crippen molar-refractivity contribution in [2.45, 2.75) is 104 Å². The highest BCUT2D eigenvalue weighted by Crippen LogP contribution is 2.26. The van der Waals surface area contributed by atoms with E-state index in [4.69, 9.17) is 4.84 Å². The topological polar surface area (TPSA) is 21.3 Å². The number of hydrogen-bond donors (Lipinski definition) is 1. The second-order valence-corrected chi connectivity index (χ2v) is 8.09. The summed E-state index contributed by atoms with van der Waals surface area (Å²) >= 11 is 0. The van der Waals surface area contributed by atoms with Gasteiger partial charge in [0.05, 0.1) is 0 Å². The van der Waals surface area contributed by atoms with Crippen LogP contribution in [-0.2, 0) is 4.84 Å². The SMILES string of the molecule is CCCCCCCCCCCCCC(C)(C)C=CCC1=CC=CNO1. The van der Waals surface area contributed by atoms with E-state index in [1.807, 2.05) is 12.2 Å². The summed E-state index contributed by atoms with van der Waals surface area (Å²) in [5.41, 5.74) is 3.06. The first kappa shape index (κ1) is 21.9. The van der Waals surface area contributed by atoms with E-state index in [1.165, 1.54) is 77.0 Å². The van der Waals surface area contributed by atoms with Crippen LogP contribution in [0.25, 0.3) is 0 Å². The second kappa shape index (κ2) is 14.0. The summed E-state index contributed by atoms with van der Waals surface area (Å²) in [7, 11) is 0. The first-order chi connectivity index (χ1) is 12.1. The van der Waals surface area contributed by atoms with Crippen molar-refractivity contribution in [3.63, 3.8) is 0 Å². The molecule has 1 aliphatic heterocycles. The zero-order valence-corrected chi connectivity index (χ0v) is 17.0. The first-order valence-electron chi connectivity index (χ1n) is 10.6. The molecule has 144 valence electrons. The predicted molar refractivity (Wildman–Crippen MR) is 110 cm³/mol. The number of rotatable bonds is 15. The molecule has 2 heteroatoms. The highest BCUT2D eigenvalue weighted by atomic mass is 16.6. The molecule has 0 aliphatic carbocycles. The molecule has 1 aliphatic rings. The summed E-state index contributed by atoms with van der Waals surface area (Å²) in [6, 6.07) is 0. The Bertz CT molecular complexity index is 406. The van der Waals surface area contributed by atoms with E-state index in [2.05, 4.69) is 38.4 Å². The number of hydrogen-bond acceptors (Lipinski definition) is 2. The molecule has 25 heavy (non-hydrogen) atoms. The third-order valence-corrected chi connectivity index (χ3v) is 4.95. The molecule has 1 heterocycles. The monoisotopic (exact) mass is 347 g/mol. The maximum atomic E-state index is 5.34. The lowest BCUT2D eigenvalue weighted by Gasteiger charge is -2.20. The molecular formula is C23H41NO. The van der Waals surface area contributed by atoms with Crippen molar-refractivity contribution >= 4 is 0 Å². The molecule has 0 spiro atoms. The third kappa shape index (κ3) is 12.8. The van der Waals surface area contributed by atoms with Crippen molar-refractivity contribution in [1.29, 1.82) is 0 Å². The number of nitrogens with one attached hydrogen (secondary N) is 1. The van der Waals surface area contributed by atoms with Gasteiger partial charge in [-0.1, -0.05) is 104 Å². The van der Waals surface area contributed by atoms with Crippen molar-refractivity contribution in [3.05, 3.63) is 36.3 Å². The van der Waals surface area contributed by atoms with Crippen molar-refractivity contribution in [3.8, 4) is 0 Å². The predicted octanol–water partition coefficient (Wildman–Crippen LogP) is 7.59. The maximum Gasteiger partial charge on any atom is 0.135 e. The van der Waals surface area contributed by atoms with Gasteiger partial charge in [-0.25, -0.2) is 5.48 Å². The van der Waals surface area contributed by atoms with Crippen LogP contribution in [-0.4, -0.2) is 0 Å². The molecular weight excluding hydrogens is 306 g/mol. The standard InChI is InChI=1S/C23H41NO/c1-4-5-6-7-8-9-10-11-12-13-14-19-23(2,3)20-15-17-22-18-16-21-24-25-22/h15-16,18,20-21,24H,4-14,17,19H2,1-3H3. The van der Waals surface area contributed by atoms with E-state index in [1.54, 1.807) is 6.20 Å². The van der Waals surface area contributed by atoms with Gasteiger partial charge in [-0.3, -0.25) is 0 Å². The molecule has 0 atom stereocenters. The number of unbranched alkanes of at least 4 members (excludes halogenated alkanes) is 10. The molecule has 0 bridgehead atoms. The smallest absolute Gasteiger partial charge is 0.135 e. The van der Waals surface area contributed by atoms with Crippen molar-refractivity contribution in [1.82, 2.24) is 5.48 Å². The van der Waals surface area contributed by atoms with Gasteiger partial charge in [-0.15, -0.1) is 0 Å². The molecule has 0 unspecified atom stereocenters. The van der Waals surface area contributed by atoms with Crippen LogP contribution in [0.5, 0.6) is 0 Å². The lowest BCUT2D eigenvalue weighted by molar-refractivity contribution is 0.134. The lowest BCUT2D eigenvalue weighted by atomic mass is 9.86. The Hall–Kier alpha value is -1.18. The zero-order chi connectivity index (χ0) is 18.2. The van der Waals surface area contributed by atoms with Crippen LogP contribution < -0.4 is 5.48 Å². The molecule has 0 aromatic rings. The molecule has 1 rings (SSSR count). The van der Waals surface area contributed by atoms with Crippen LogP contribution in [0.3, 0.4) is 0 Å². The van der Waals surface area contributed by atoms with Crippen LogP contribution in [0, 0.1) is 5.41 Å². The Morgan fingerprint density at radius 3 is 2.08 bits per heavy atom. The summed E-state index contributed by atoms with van der Waals surface area (Å²) in [5, 5.41) is 0. The lowest BCUT2D eigenvalue weighted by Crippen LogP contribution is -2.09. The Morgan fingerprint density at radius 1 is 0.920 bits per heavy atom. The van der Waals surface area contributed by atoms with E-state index in [0.29, 0.717) is 0 Å². The van der Waals surface area contributed by atoms with Gasteiger partial charge in [0.25, 0.3) is 0 Å². The van der Waals surface area contributed by atoms with E-state index in [0.717, 1.165) is 12.2 Å². The zero-order valence-electron chi connectivity index (χ0n) is 17.0. The van der Waals surface area contributed by atoms with Gasteiger partial charge in [-0.2, -0.15) is 0 Å². The van der Waals surface area contributed by atoms with Gasteiger partial charge in [0.15, 0.2) is 0 Å². The molecule has 0 radical (unpaired) electrons. The van der Waals surface area contributed by atoms with Crippen molar-refractivity contribution in [2.24, 2.45) is 5.41 Å². The van der Waals surface area contributed by atoms with Gasteiger partial charge >= 0.3 is 0 Å². The largest absolute Gasteiger partial charge is 0.387 e. The molecule has 0 saturated heterocycles. The molecule has 0 aromatic heterocycles. The van der Waals surface area contributed by atoms with Crippen LogP contribution in [0.1, 0.15) is 104 Å². The van der Waals surface area contributed by atoms with E-state index < -0.39 is 0 Å². The molecule has 0 fully saturated rings. The molecule has 2 nitrogen and oxygen atoms in total. The second-order valence-electron chi connectivity index (χ2n) is 8.09. The van der Waals surface area contributed by atoms with Gasteiger partial charge in [0.2, 0.25) is 0 Å². The average Bonchev–Trinajstić information content (AvgIpc) is 2.60. The number of allylic oxidation sites excluding steroid dienone is 4. The Labute approximate surface area is 156 Å². The fourth-order valence-electron chi connectivity index (χ4n) is 3.27. The molecule has 0 amide bonds. The van der Waals surface area contributed by atoms with Gasteiger partial charge in [0.1, 0.15) is 5.76 Å². The normalized spacial score (nSPS) is 14.4. The third-order valence-electron chi connectivity index (χ3n) is 4.95. The van der Waals surface area contributed by atoms with Crippen molar-refractivity contribution in [2.75, 3.05) is 0 Å². The van der Waals surface area contributed by atoms with Crippen molar-refractivity contribution < 1.29 is 4.84 Å². The van der Waals surface area contributed by atoms with Crippen LogP contribution in [0.4, 0.5) is 0 Å². The van der Waals surface area contributed by atoms with E-state index in [9.17, 15) is 0 Å². The van der Waals surface area contributed by atoms with Gasteiger partial charge < -0.3 is 4.84 Å². The Morgan fingerprint density at radius 2 is 1.52 bits per heavy atom. The van der Waals surface area contributed by atoms with E-state index >= 15 is 0 Å². The average molecular weight is 348 g/mol. The van der Waals surface area contributed by atoms with Gasteiger partial charge in [0, 0.05) is 12.6 Å². The summed E-state index contributed by atoms with van der Waals surface area (Å²) in [6.45, 7) is 6.97. The summed E-state index contributed by atoms with van der Waals surface area (Å²) in [5.74, 6) is 0.976. The Kier molecular flexibility index (Phi) is 12.3.